The fourth-order valence-corrected chi connectivity index (χ4v) is 3.80. The molecular formula is C22H29NO5. The van der Waals surface area contributed by atoms with E-state index in [0.29, 0.717) is 6.04 Å². The van der Waals surface area contributed by atoms with Crippen molar-refractivity contribution in [2.24, 2.45) is 0 Å². The van der Waals surface area contributed by atoms with Crippen molar-refractivity contribution in [1.82, 2.24) is 4.90 Å². The highest BCUT2D eigenvalue weighted by molar-refractivity contribution is 6.27. The molecule has 0 saturated carbocycles. The van der Waals surface area contributed by atoms with Gasteiger partial charge in [0, 0.05) is 11.6 Å². The molecule has 0 aliphatic heterocycles. The van der Waals surface area contributed by atoms with Crippen molar-refractivity contribution < 1.29 is 24.2 Å². The smallest absolute Gasteiger partial charge is 0.414 e. The van der Waals surface area contributed by atoms with Gasteiger partial charge in [0.15, 0.2) is 0 Å². The molecule has 28 heavy (non-hydrogen) atoms. The normalized spacial score (nSPS) is 15.5. The maximum Gasteiger partial charge on any atom is 0.414 e. The Balaban J connectivity index is 0.000000409. The zero-order valence-electron chi connectivity index (χ0n) is 16.6. The first-order chi connectivity index (χ1) is 13.5. The number of carboxylic acid groups (broad SMARTS) is 2. The molecule has 6 heteroatoms. The Bertz CT molecular complexity index is 751. The molecule has 0 bridgehead atoms. The van der Waals surface area contributed by atoms with Crippen LogP contribution in [0.25, 0.3) is 11.3 Å². The first kappa shape index (κ1) is 21.7. The summed E-state index contributed by atoms with van der Waals surface area (Å²) in [6.45, 7) is 7.01. The quantitative estimate of drug-likeness (QED) is 0.726. The molecule has 0 radical (unpaired) electrons. The summed E-state index contributed by atoms with van der Waals surface area (Å²) in [5.74, 6) is -2.64. The Kier molecular flexibility index (Phi) is 8.26. The van der Waals surface area contributed by atoms with Gasteiger partial charge in [0.25, 0.3) is 0 Å². The fourth-order valence-electron chi connectivity index (χ4n) is 3.80. The Labute approximate surface area is 165 Å². The van der Waals surface area contributed by atoms with Gasteiger partial charge < -0.3 is 19.5 Å². The highest BCUT2D eigenvalue weighted by Crippen LogP contribution is 2.33. The summed E-state index contributed by atoms with van der Waals surface area (Å²) in [5.41, 5.74) is 4.31. The van der Waals surface area contributed by atoms with Crippen LogP contribution in [0.4, 0.5) is 0 Å². The lowest BCUT2D eigenvalue weighted by atomic mass is 9.84. The number of carbonyl (C=O) groups is 2. The number of nitrogens with zero attached hydrogens (tertiary/aromatic N) is 1. The number of benzene rings is 1. The van der Waals surface area contributed by atoms with Crippen LogP contribution in [0.2, 0.25) is 0 Å². The van der Waals surface area contributed by atoms with Crippen LogP contribution in [0, 0.1) is 0 Å². The van der Waals surface area contributed by atoms with Crippen molar-refractivity contribution in [3.8, 4) is 11.3 Å². The minimum absolute atomic E-state index is 0.684. The third-order valence-corrected chi connectivity index (χ3v) is 4.97. The number of fused-ring (bicyclic) bond motifs is 1. The van der Waals surface area contributed by atoms with Gasteiger partial charge in [0.2, 0.25) is 0 Å². The molecule has 0 saturated heterocycles. The maximum atomic E-state index is 9.10. The molecule has 152 valence electrons. The Morgan fingerprint density at radius 1 is 1.07 bits per heavy atom. The molecule has 1 heterocycles. The van der Waals surface area contributed by atoms with Gasteiger partial charge in [-0.3, -0.25) is 0 Å². The highest BCUT2D eigenvalue weighted by Gasteiger charge is 2.25. The van der Waals surface area contributed by atoms with Crippen LogP contribution in [0.3, 0.4) is 0 Å². The third-order valence-electron chi connectivity index (χ3n) is 4.97. The topological polar surface area (TPSA) is 91.0 Å². The first-order valence-corrected chi connectivity index (χ1v) is 9.82. The van der Waals surface area contributed by atoms with Crippen LogP contribution in [0.5, 0.6) is 0 Å². The number of aliphatic carboxylic acids is 2. The van der Waals surface area contributed by atoms with Gasteiger partial charge in [-0.05, 0) is 68.5 Å². The lowest BCUT2D eigenvalue weighted by Gasteiger charge is -2.35. The minimum atomic E-state index is -1.82. The Morgan fingerprint density at radius 3 is 2.29 bits per heavy atom. The van der Waals surface area contributed by atoms with E-state index < -0.39 is 11.9 Å². The molecule has 1 aromatic heterocycles. The van der Waals surface area contributed by atoms with E-state index in [2.05, 4.69) is 43.0 Å². The average molecular weight is 387 g/mol. The van der Waals surface area contributed by atoms with Gasteiger partial charge >= 0.3 is 11.9 Å². The van der Waals surface area contributed by atoms with Crippen molar-refractivity contribution in [2.75, 3.05) is 13.1 Å². The predicted molar refractivity (Wildman–Crippen MR) is 107 cm³/mol. The van der Waals surface area contributed by atoms with Crippen LogP contribution < -0.4 is 0 Å². The fraction of sp³-hybridized carbons (Fsp3) is 0.455. The second-order valence-electron chi connectivity index (χ2n) is 6.96. The van der Waals surface area contributed by atoms with Crippen LogP contribution in [0.15, 0.2) is 41.0 Å². The standard InChI is InChI=1S/C20H27NO.C2H2O4/c1-3-12-21(13-4-2)17-11-10-16-7-5-8-18(19(16)15-17)20-9-6-14-22-20;3-1(4)2(5)6/h5-9,14,17H,3-4,10-13,15H2,1-2H3;(H,3,4)(H,5,6). The number of hydrogen-bond acceptors (Lipinski definition) is 4. The molecule has 0 spiro atoms. The van der Waals surface area contributed by atoms with E-state index in [4.69, 9.17) is 24.2 Å². The van der Waals surface area contributed by atoms with Crippen LogP contribution >= 0.6 is 0 Å². The molecule has 2 aromatic rings. The zero-order chi connectivity index (χ0) is 20.5. The van der Waals surface area contributed by atoms with Crippen LogP contribution in [-0.2, 0) is 22.4 Å². The van der Waals surface area contributed by atoms with Crippen LogP contribution in [0.1, 0.15) is 44.2 Å². The average Bonchev–Trinajstić information content (AvgIpc) is 3.22. The van der Waals surface area contributed by atoms with Gasteiger partial charge in [-0.2, -0.15) is 0 Å². The van der Waals surface area contributed by atoms with E-state index in [0.717, 1.165) is 12.2 Å². The van der Waals surface area contributed by atoms with Crippen molar-refractivity contribution in [1.29, 1.82) is 0 Å². The molecule has 2 N–H and O–H groups in total. The van der Waals surface area contributed by atoms with Crippen molar-refractivity contribution in [3.05, 3.63) is 47.7 Å². The second-order valence-corrected chi connectivity index (χ2v) is 6.96. The van der Waals surface area contributed by atoms with Gasteiger partial charge in [-0.25, -0.2) is 9.59 Å². The maximum absolute atomic E-state index is 9.10. The summed E-state index contributed by atoms with van der Waals surface area (Å²) in [5, 5.41) is 14.8. The third kappa shape index (κ3) is 5.70. The number of furan rings is 1. The monoisotopic (exact) mass is 387 g/mol. The molecule has 1 atom stereocenters. The van der Waals surface area contributed by atoms with Gasteiger partial charge in [-0.1, -0.05) is 32.0 Å². The number of aryl methyl sites for hydroxylation is 1. The van der Waals surface area contributed by atoms with E-state index in [-0.39, 0.29) is 0 Å². The van der Waals surface area contributed by atoms with Crippen molar-refractivity contribution >= 4 is 11.9 Å². The summed E-state index contributed by atoms with van der Waals surface area (Å²) >= 11 is 0. The zero-order valence-corrected chi connectivity index (χ0v) is 16.6. The largest absolute Gasteiger partial charge is 0.473 e. The minimum Gasteiger partial charge on any atom is -0.473 e. The summed E-state index contributed by atoms with van der Waals surface area (Å²) in [6, 6.07) is 11.4. The molecule has 1 unspecified atom stereocenters. The summed E-state index contributed by atoms with van der Waals surface area (Å²) in [7, 11) is 0. The first-order valence-electron chi connectivity index (χ1n) is 9.82. The van der Waals surface area contributed by atoms with Crippen molar-refractivity contribution in [2.45, 2.75) is 52.0 Å². The molecule has 0 amide bonds. The van der Waals surface area contributed by atoms with Gasteiger partial charge in [0.05, 0.1) is 6.26 Å². The summed E-state index contributed by atoms with van der Waals surface area (Å²) in [4.78, 5) is 20.9. The number of carboxylic acids is 2. The predicted octanol–water partition coefficient (Wildman–Crippen LogP) is 4.08. The highest BCUT2D eigenvalue weighted by atomic mass is 16.4. The molecule has 0 fully saturated rings. The molecule has 3 rings (SSSR count). The van der Waals surface area contributed by atoms with Gasteiger partial charge in [0.1, 0.15) is 5.76 Å². The SMILES string of the molecule is CCCN(CCC)C1CCc2cccc(-c3ccco3)c2C1.O=C(O)C(=O)O. The molecular weight excluding hydrogens is 358 g/mol. The van der Waals surface area contributed by atoms with Gasteiger partial charge in [-0.15, -0.1) is 0 Å². The second kappa shape index (κ2) is 10.7. The van der Waals surface area contributed by atoms with E-state index in [1.165, 1.54) is 55.5 Å². The lowest BCUT2D eigenvalue weighted by molar-refractivity contribution is -0.159. The van der Waals surface area contributed by atoms with E-state index >= 15 is 0 Å². The van der Waals surface area contributed by atoms with E-state index in [1.54, 1.807) is 6.26 Å². The lowest BCUT2D eigenvalue weighted by Crippen LogP contribution is -2.40. The molecule has 6 nitrogen and oxygen atoms in total. The molecule has 1 aliphatic carbocycles. The summed E-state index contributed by atoms with van der Waals surface area (Å²) < 4.78 is 5.66. The van der Waals surface area contributed by atoms with E-state index in [1.807, 2.05) is 6.07 Å². The number of rotatable bonds is 6. The van der Waals surface area contributed by atoms with Crippen LogP contribution in [-0.4, -0.2) is 46.2 Å². The summed E-state index contributed by atoms with van der Waals surface area (Å²) in [6.07, 6.45) is 7.89. The molecule has 1 aliphatic rings. The number of hydrogen-bond donors (Lipinski definition) is 2. The molecule has 1 aromatic carbocycles. The Hall–Kier alpha value is -2.60. The van der Waals surface area contributed by atoms with E-state index in [9.17, 15) is 0 Å². The van der Waals surface area contributed by atoms with Crippen molar-refractivity contribution in [3.63, 3.8) is 0 Å². The Morgan fingerprint density at radius 2 is 1.75 bits per heavy atom.